The predicted octanol–water partition coefficient (Wildman–Crippen LogP) is 9.93. The lowest BCUT2D eigenvalue weighted by Crippen LogP contribution is -2.10. The standard InChI is InChI=1S/C35H37FO6.2C2H6/c1-6-7-8-9-25-10-12-26(13-11-25)27-14-15-29(31(36)20-27)30-22-32(40-18-19-41-34(38)23(2)3)28(16-17-37)21-33(30)42-35(39)24(4)5;2*1-2/h10-15,18-22,37H,2,4,6-9,16-17H2,1,3,5H3;2*1-2H3/b19-18-;;. The maximum absolute atomic E-state index is 15.7. The highest BCUT2D eigenvalue weighted by molar-refractivity contribution is 5.90. The fourth-order valence-corrected chi connectivity index (χ4v) is 4.16. The Hall–Kier alpha value is -4.49. The highest BCUT2D eigenvalue weighted by Crippen LogP contribution is 2.39. The number of aliphatic hydroxyl groups excluding tert-OH is 1. The second-order valence-electron chi connectivity index (χ2n) is 10.0. The molecule has 3 aromatic carbocycles. The monoisotopic (exact) mass is 632 g/mol. The SMILES string of the molecule is C=C(C)C(=O)O/C=C\Oc1cc(-c2ccc(-c3ccc(CCCCC)cc3)cc2F)c(OC(=O)C(=C)C)cc1CCO.CC.CC. The Balaban J connectivity index is 0.00000254. The Bertz CT molecular complexity index is 1470. The zero-order valence-corrected chi connectivity index (χ0v) is 28.4. The van der Waals surface area contributed by atoms with Crippen molar-refractivity contribution in [3.05, 3.63) is 108 Å². The number of esters is 2. The number of ether oxygens (including phenoxy) is 3. The summed E-state index contributed by atoms with van der Waals surface area (Å²) < 4.78 is 31.9. The van der Waals surface area contributed by atoms with Gasteiger partial charge in [-0.3, -0.25) is 0 Å². The normalized spacial score (nSPS) is 10.2. The van der Waals surface area contributed by atoms with Gasteiger partial charge in [0.25, 0.3) is 0 Å². The number of carbonyl (C=O) groups excluding carboxylic acids is 2. The van der Waals surface area contributed by atoms with Gasteiger partial charge >= 0.3 is 11.9 Å². The van der Waals surface area contributed by atoms with Crippen molar-refractivity contribution >= 4 is 11.9 Å². The van der Waals surface area contributed by atoms with Gasteiger partial charge in [-0.1, -0.05) is 97.0 Å². The zero-order valence-electron chi connectivity index (χ0n) is 28.4. The Kier molecular flexibility index (Phi) is 18.3. The van der Waals surface area contributed by atoms with Crippen LogP contribution in [0.5, 0.6) is 11.5 Å². The molecule has 0 aliphatic heterocycles. The topological polar surface area (TPSA) is 82.1 Å². The molecule has 248 valence electrons. The van der Waals surface area contributed by atoms with Gasteiger partial charge < -0.3 is 19.3 Å². The van der Waals surface area contributed by atoms with Crippen molar-refractivity contribution in [3.8, 4) is 33.8 Å². The number of halogens is 1. The van der Waals surface area contributed by atoms with Crippen molar-refractivity contribution in [1.29, 1.82) is 0 Å². The van der Waals surface area contributed by atoms with E-state index in [0.29, 0.717) is 11.1 Å². The number of hydrogen-bond donors (Lipinski definition) is 1. The summed E-state index contributed by atoms with van der Waals surface area (Å²) in [5, 5.41) is 9.62. The summed E-state index contributed by atoms with van der Waals surface area (Å²) in [5.74, 6) is -1.50. The molecule has 0 unspecified atom stereocenters. The van der Waals surface area contributed by atoms with Crippen molar-refractivity contribution in [2.45, 2.75) is 80.6 Å². The highest BCUT2D eigenvalue weighted by Gasteiger charge is 2.19. The molecule has 3 rings (SSSR count). The number of unbranched alkanes of at least 4 members (excludes halogenated alkanes) is 2. The minimum atomic E-state index is -0.678. The first-order chi connectivity index (χ1) is 22.1. The molecule has 6 nitrogen and oxygen atoms in total. The maximum Gasteiger partial charge on any atom is 0.338 e. The molecule has 0 aliphatic rings. The van der Waals surface area contributed by atoms with E-state index in [-0.39, 0.29) is 46.8 Å². The summed E-state index contributed by atoms with van der Waals surface area (Å²) in [7, 11) is 0. The molecule has 0 spiro atoms. The van der Waals surface area contributed by atoms with Crippen LogP contribution in [-0.4, -0.2) is 23.7 Å². The van der Waals surface area contributed by atoms with Crippen LogP contribution < -0.4 is 9.47 Å². The van der Waals surface area contributed by atoms with E-state index in [1.54, 1.807) is 12.1 Å². The molecule has 46 heavy (non-hydrogen) atoms. The Labute approximate surface area is 274 Å². The van der Waals surface area contributed by atoms with Crippen LogP contribution in [-0.2, 0) is 27.2 Å². The molecule has 0 amide bonds. The van der Waals surface area contributed by atoms with E-state index in [9.17, 15) is 14.7 Å². The number of aliphatic hydroxyl groups is 1. The minimum Gasteiger partial charge on any atom is -0.461 e. The first-order valence-corrected chi connectivity index (χ1v) is 15.9. The van der Waals surface area contributed by atoms with Crippen molar-refractivity contribution in [2.75, 3.05) is 6.61 Å². The zero-order chi connectivity index (χ0) is 34.6. The molecule has 0 radical (unpaired) electrons. The van der Waals surface area contributed by atoms with Gasteiger partial charge in [0.15, 0.2) is 0 Å². The molecule has 3 aromatic rings. The third kappa shape index (κ3) is 12.1. The number of aryl methyl sites for hydroxylation is 1. The molecule has 0 bridgehead atoms. The smallest absolute Gasteiger partial charge is 0.338 e. The van der Waals surface area contributed by atoms with Crippen LogP contribution in [0.2, 0.25) is 0 Å². The maximum atomic E-state index is 15.7. The van der Waals surface area contributed by atoms with Crippen molar-refractivity contribution in [2.24, 2.45) is 0 Å². The van der Waals surface area contributed by atoms with Crippen LogP contribution in [0.1, 0.15) is 78.9 Å². The van der Waals surface area contributed by atoms with Crippen LogP contribution in [0, 0.1) is 5.82 Å². The van der Waals surface area contributed by atoms with E-state index in [2.05, 4.69) is 32.2 Å². The summed E-state index contributed by atoms with van der Waals surface area (Å²) in [4.78, 5) is 24.1. The molecule has 1 N–H and O–H groups in total. The molecule has 0 saturated heterocycles. The molecule has 0 fully saturated rings. The van der Waals surface area contributed by atoms with E-state index < -0.39 is 17.8 Å². The average molecular weight is 633 g/mol. The van der Waals surface area contributed by atoms with Crippen molar-refractivity contribution < 1.29 is 33.3 Å². The fraction of sp³-hybridized carbons (Fsp3) is 0.333. The quantitative estimate of drug-likeness (QED) is 0.0626. The van der Waals surface area contributed by atoms with Gasteiger partial charge in [-0.15, -0.1) is 0 Å². The molecule has 0 atom stereocenters. The third-order valence-electron chi connectivity index (χ3n) is 6.48. The Morgan fingerprint density at radius 1 is 0.783 bits per heavy atom. The molecule has 7 heteroatoms. The summed E-state index contributed by atoms with van der Waals surface area (Å²) in [6, 6.07) is 16.0. The molecule has 0 saturated carbocycles. The van der Waals surface area contributed by atoms with Gasteiger partial charge in [-0.25, -0.2) is 14.0 Å². The van der Waals surface area contributed by atoms with E-state index >= 15 is 4.39 Å². The summed E-state index contributed by atoms with van der Waals surface area (Å²) in [6.07, 6.45) is 6.85. The lowest BCUT2D eigenvalue weighted by molar-refractivity contribution is -0.133. The van der Waals surface area contributed by atoms with Crippen molar-refractivity contribution in [1.82, 2.24) is 0 Å². The van der Waals surface area contributed by atoms with Gasteiger partial charge in [-0.2, -0.15) is 0 Å². The number of rotatable bonds is 14. The second-order valence-corrected chi connectivity index (χ2v) is 10.0. The van der Waals surface area contributed by atoms with Crippen LogP contribution in [0.25, 0.3) is 22.3 Å². The van der Waals surface area contributed by atoms with Crippen LogP contribution in [0.4, 0.5) is 4.39 Å². The van der Waals surface area contributed by atoms with Crippen LogP contribution >= 0.6 is 0 Å². The largest absolute Gasteiger partial charge is 0.461 e. The van der Waals surface area contributed by atoms with Gasteiger partial charge in [0, 0.05) is 34.4 Å². The van der Waals surface area contributed by atoms with E-state index in [1.807, 2.05) is 39.8 Å². The summed E-state index contributed by atoms with van der Waals surface area (Å²) in [6.45, 7) is 20.1. The fourth-order valence-electron chi connectivity index (χ4n) is 4.16. The lowest BCUT2D eigenvalue weighted by atomic mass is 9.96. The van der Waals surface area contributed by atoms with E-state index in [0.717, 1.165) is 37.4 Å². The van der Waals surface area contributed by atoms with Gasteiger partial charge in [-0.05, 0) is 68.0 Å². The highest BCUT2D eigenvalue weighted by atomic mass is 19.1. The first kappa shape index (κ1) is 39.5. The van der Waals surface area contributed by atoms with E-state index in [1.165, 1.54) is 44.0 Å². The van der Waals surface area contributed by atoms with Gasteiger partial charge in [0.05, 0.1) is 0 Å². The second kappa shape index (κ2) is 21.3. The molecule has 0 aliphatic carbocycles. The van der Waals surface area contributed by atoms with Crippen LogP contribution in [0.3, 0.4) is 0 Å². The Morgan fingerprint density at radius 2 is 1.41 bits per heavy atom. The Morgan fingerprint density at radius 3 is 1.98 bits per heavy atom. The van der Waals surface area contributed by atoms with Gasteiger partial charge in [0.1, 0.15) is 29.8 Å². The van der Waals surface area contributed by atoms with E-state index in [4.69, 9.17) is 14.2 Å². The molecular weight excluding hydrogens is 583 g/mol. The average Bonchev–Trinajstić information content (AvgIpc) is 3.06. The summed E-state index contributed by atoms with van der Waals surface area (Å²) >= 11 is 0. The molecule has 0 heterocycles. The minimum absolute atomic E-state index is 0.0829. The first-order valence-electron chi connectivity index (χ1n) is 15.9. The summed E-state index contributed by atoms with van der Waals surface area (Å²) in [5.41, 5.74) is 4.12. The predicted molar refractivity (Wildman–Crippen MR) is 185 cm³/mol. The number of benzene rings is 3. The lowest BCUT2D eigenvalue weighted by Gasteiger charge is -2.17. The molecule has 0 aromatic heterocycles. The number of carbonyl (C=O) groups is 2. The van der Waals surface area contributed by atoms with Gasteiger partial charge in [0.2, 0.25) is 0 Å². The number of hydrogen-bond acceptors (Lipinski definition) is 6. The molecular formula is C39H49FO6. The van der Waals surface area contributed by atoms with Crippen LogP contribution in [0.15, 0.2) is 91.4 Å². The third-order valence-corrected chi connectivity index (χ3v) is 6.48. The van der Waals surface area contributed by atoms with Crippen molar-refractivity contribution in [3.63, 3.8) is 0 Å².